The first-order valence-corrected chi connectivity index (χ1v) is 7.90. The zero-order valence-corrected chi connectivity index (χ0v) is 12.3. The van der Waals surface area contributed by atoms with E-state index in [4.69, 9.17) is 16.9 Å². The van der Waals surface area contributed by atoms with Gasteiger partial charge in [-0.15, -0.1) is 0 Å². The summed E-state index contributed by atoms with van der Waals surface area (Å²) < 4.78 is 25.5. The number of sulfone groups is 1. The third-order valence-electron chi connectivity index (χ3n) is 2.79. The van der Waals surface area contributed by atoms with Crippen LogP contribution in [-0.4, -0.2) is 23.7 Å². The highest BCUT2D eigenvalue weighted by Crippen LogP contribution is 2.12. The van der Waals surface area contributed by atoms with E-state index in [-0.39, 0.29) is 22.3 Å². The van der Waals surface area contributed by atoms with Gasteiger partial charge in [-0.05, 0) is 24.3 Å². The van der Waals surface area contributed by atoms with E-state index >= 15 is 0 Å². The molecule has 8 heteroatoms. The van der Waals surface area contributed by atoms with Gasteiger partial charge in [0.2, 0.25) is 0 Å². The molecule has 6 nitrogen and oxygen atoms in total. The van der Waals surface area contributed by atoms with Crippen LogP contribution in [0.4, 0.5) is 0 Å². The minimum Gasteiger partial charge on any atom is -0.298 e. The summed E-state index contributed by atoms with van der Waals surface area (Å²) in [6.45, 7) is -0.0225. The van der Waals surface area contributed by atoms with Crippen molar-refractivity contribution >= 4 is 21.4 Å². The summed E-state index contributed by atoms with van der Waals surface area (Å²) in [5.41, 5.74) is -0.0305. The molecule has 0 N–H and O–H groups in total. The van der Waals surface area contributed by atoms with Crippen LogP contribution < -0.4 is 5.56 Å². The molecule has 0 unspecified atom stereocenters. The Morgan fingerprint density at radius 1 is 1.29 bits per heavy atom. The van der Waals surface area contributed by atoms with Gasteiger partial charge in [-0.25, -0.2) is 13.4 Å². The van der Waals surface area contributed by atoms with E-state index in [1.807, 2.05) is 6.07 Å². The minimum absolute atomic E-state index is 0.0225. The van der Waals surface area contributed by atoms with Crippen LogP contribution in [0.3, 0.4) is 0 Å². The van der Waals surface area contributed by atoms with E-state index in [1.165, 1.54) is 35.2 Å². The molecule has 0 aliphatic heterocycles. The fourth-order valence-corrected chi connectivity index (χ4v) is 3.01. The number of nitrogens with zero attached hydrogens (tertiary/aromatic N) is 3. The highest BCUT2D eigenvalue weighted by Gasteiger charge is 2.14. The highest BCUT2D eigenvalue weighted by atomic mass is 35.5. The Bertz CT molecular complexity index is 851. The van der Waals surface area contributed by atoms with Crippen molar-refractivity contribution in [2.24, 2.45) is 0 Å². The lowest BCUT2D eigenvalue weighted by Crippen LogP contribution is -2.23. The molecule has 0 bridgehead atoms. The van der Waals surface area contributed by atoms with E-state index in [0.717, 1.165) is 6.07 Å². The van der Waals surface area contributed by atoms with Crippen molar-refractivity contribution in [1.82, 2.24) is 9.55 Å². The first-order valence-electron chi connectivity index (χ1n) is 5.87. The molecule has 0 saturated carbocycles. The maximum atomic E-state index is 12.1. The molecule has 0 fully saturated rings. The number of nitriles is 1. The second kappa shape index (κ2) is 6.08. The zero-order valence-electron chi connectivity index (χ0n) is 10.7. The molecule has 0 spiro atoms. The summed E-state index contributed by atoms with van der Waals surface area (Å²) in [4.78, 5) is 15.4. The van der Waals surface area contributed by atoms with Crippen molar-refractivity contribution < 1.29 is 8.42 Å². The van der Waals surface area contributed by atoms with Gasteiger partial charge in [0.1, 0.15) is 5.15 Å². The summed E-state index contributed by atoms with van der Waals surface area (Å²) in [6.07, 6.45) is 1.21. The Labute approximate surface area is 126 Å². The number of hydrogen-bond donors (Lipinski definition) is 0. The van der Waals surface area contributed by atoms with Crippen LogP contribution in [-0.2, 0) is 16.4 Å². The summed E-state index contributed by atoms with van der Waals surface area (Å²) in [5.74, 6) is -0.248. The number of aryl methyl sites for hydroxylation is 1. The number of rotatable bonds is 4. The monoisotopic (exact) mass is 323 g/mol. The Hall–Kier alpha value is -2.17. The molecule has 0 aliphatic rings. The Kier molecular flexibility index (Phi) is 4.40. The van der Waals surface area contributed by atoms with Gasteiger partial charge in [0, 0.05) is 12.6 Å². The molecule has 0 atom stereocenters. The molecule has 2 aromatic rings. The highest BCUT2D eigenvalue weighted by molar-refractivity contribution is 7.91. The van der Waals surface area contributed by atoms with Crippen LogP contribution in [0.25, 0.3) is 0 Å². The lowest BCUT2D eigenvalue weighted by atomic mass is 10.2. The molecule has 0 aliphatic carbocycles. The van der Waals surface area contributed by atoms with E-state index in [2.05, 4.69) is 4.98 Å². The van der Waals surface area contributed by atoms with E-state index < -0.39 is 15.4 Å². The van der Waals surface area contributed by atoms with Crippen LogP contribution in [0.1, 0.15) is 5.56 Å². The van der Waals surface area contributed by atoms with Crippen molar-refractivity contribution in [3.05, 3.63) is 57.7 Å². The van der Waals surface area contributed by atoms with Crippen LogP contribution in [0, 0.1) is 11.3 Å². The fraction of sp³-hybridized carbons (Fsp3) is 0.154. The smallest absolute Gasteiger partial charge is 0.254 e. The molecular weight excluding hydrogens is 314 g/mol. The quantitative estimate of drug-likeness (QED) is 0.789. The maximum Gasteiger partial charge on any atom is 0.254 e. The van der Waals surface area contributed by atoms with Gasteiger partial charge in [0.25, 0.3) is 5.56 Å². The van der Waals surface area contributed by atoms with Gasteiger partial charge >= 0.3 is 0 Å². The average molecular weight is 324 g/mol. The van der Waals surface area contributed by atoms with Gasteiger partial charge in [0.15, 0.2) is 9.84 Å². The molecule has 1 heterocycles. The summed E-state index contributed by atoms with van der Waals surface area (Å²) in [5, 5.41) is 8.74. The number of benzene rings is 1. The normalized spacial score (nSPS) is 11.0. The summed E-state index contributed by atoms with van der Waals surface area (Å²) in [7, 11) is -3.54. The minimum atomic E-state index is -3.54. The van der Waals surface area contributed by atoms with Crippen molar-refractivity contribution in [3.63, 3.8) is 0 Å². The van der Waals surface area contributed by atoms with E-state index in [0.29, 0.717) is 5.56 Å². The van der Waals surface area contributed by atoms with Crippen molar-refractivity contribution in [3.8, 4) is 6.07 Å². The van der Waals surface area contributed by atoms with Crippen molar-refractivity contribution in [2.45, 2.75) is 11.4 Å². The lowest BCUT2D eigenvalue weighted by molar-refractivity contribution is 0.586. The van der Waals surface area contributed by atoms with Gasteiger partial charge in [-0.1, -0.05) is 11.6 Å². The van der Waals surface area contributed by atoms with Crippen LogP contribution in [0.2, 0.25) is 5.15 Å². The lowest BCUT2D eigenvalue weighted by Gasteiger charge is -2.06. The number of halogens is 1. The first kappa shape index (κ1) is 15.2. The predicted octanol–water partition coefficient (Wildman–Crippen LogP) is 1.24. The fourth-order valence-electron chi connectivity index (χ4n) is 1.64. The van der Waals surface area contributed by atoms with Gasteiger partial charge in [-0.3, -0.25) is 9.36 Å². The molecule has 1 aromatic carbocycles. The summed E-state index contributed by atoms with van der Waals surface area (Å²) in [6, 6.07) is 8.65. The van der Waals surface area contributed by atoms with Crippen molar-refractivity contribution in [1.29, 1.82) is 5.26 Å². The van der Waals surface area contributed by atoms with Crippen LogP contribution >= 0.6 is 11.6 Å². The molecule has 0 radical (unpaired) electrons. The molecule has 21 heavy (non-hydrogen) atoms. The molecule has 2 rings (SSSR count). The molecule has 0 saturated heterocycles. The zero-order chi connectivity index (χ0) is 15.5. The first-order chi connectivity index (χ1) is 9.92. The van der Waals surface area contributed by atoms with Crippen LogP contribution in [0.5, 0.6) is 0 Å². The Balaban J connectivity index is 2.17. The standard InChI is InChI=1S/C13H10ClN3O3S/c14-12-7-13(18)17(9-16-12)5-6-21(19,20)11-3-1-10(8-15)2-4-11/h1-4,7,9H,5-6H2. The largest absolute Gasteiger partial charge is 0.298 e. The summed E-state index contributed by atoms with van der Waals surface area (Å²) >= 11 is 5.56. The Morgan fingerprint density at radius 3 is 2.52 bits per heavy atom. The van der Waals surface area contributed by atoms with Gasteiger partial charge < -0.3 is 0 Å². The maximum absolute atomic E-state index is 12.1. The third-order valence-corrected chi connectivity index (χ3v) is 4.71. The number of hydrogen-bond acceptors (Lipinski definition) is 5. The Morgan fingerprint density at radius 2 is 1.95 bits per heavy atom. The molecular formula is C13H10ClN3O3S. The van der Waals surface area contributed by atoms with E-state index in [1.54, 1.807) is 0 Å². The third kappa shape index (κ3) is 3.68. The molecule has 1 aromatic heterocycles. The van der Waals surface area contributed by atoms with Crippen molar-refractivity contribution in [2.75, 3.05) is 5.75 Å². The second-order valence-corrected chi connectivity index (χ2v) is 6.69. The van der Waals surface area contributed by atoms with Gasteiger partial charge in [-0.2, -0.15) is 5.26 Å². The molecule has 108 valence electrons. The predicted molar refractivity (Wildman–Crippen MR) is 76.7 cm³/mol. The number of aromatic nitrogens is 2. The van der Waals surface area contributed by atoms with Gasteiger partial charge in [0.05, 0.1) is 28.6 Å². The topological polar surface area (TPSA) is 92.8 Å². The van der Waals surface area contributed by atoms with E-state index in [9.17, 15) is 13.2 Å². The second-order valence-electron chi connectivity index (χ2n) is 4.20. The average Bonchev–Trinajstić information content (AvgIpc) is 2.46. The molecule has 0 amide bonds. The SMILES string of the molecule is N#Cc1ccc(S(=O)(=O)CCn2cnc(Cl)cc2=O)cc1. The van der Waals surface area contributed by atoms with Crippen LogP contribution in [0.15, 0.2) is 46.3 Å².